The van der Waals surface area contributed by atoms with Gasteiger partial charge in [-0.05, 0) is 109 Å². The number of halogens is 3. The van der Waals surface area contributed by atoms with E-state index in [1.54, 1.807) is 0 Å². The van der Waals surface area contributed by atoms with Crippen molar-refractivity contribution in [2.75, 3.05) is 0 Å². The van der Waals surface area contributed by atoms with Crippen LogP contribution in [-0.2, 0) is 14.6 Å². The van der Waals surface area contributed by atoms with Gasteiger partial charge in [0.1, 0.15) is 11.5 Å². The number of benzene rings is 12. The average molecular weight is 880 g/mol. The van der Waals surface area contributed by atoms with Gasteiger partial charge in [0.15, 0.2) is 0 Å². The highest BCUT2D eigenvalue weighted by atomic mass is 32.2. The molecule has 12 aromatic carbocycles. The van der Waals surface area contributed by atoms with Gasteiger partial charge in [0.2, 0.25) is 0 Å². The van der Waals surface area contributed by atoms with Gasteiger partial charge in [-0.1, -0.05) is 162 Å². The highest BCUT2D eigenvalue weighted by Gasteiger charge is 2.53. The van der Waals surface area contributed by atoms with Crippen molar-refractivity contribution in [1.29, 1.82) is 0 Å². The Balaban J connectivity index is 1.20. The lowest BCUT2D eigenvalue weighted by Crippen LogP contribution is -2.36. The van der Waals surface area contributed by atoms with E-state index in [2.05, 4.69) is 12.1 Å². The van der Waals surface area contributed by atoms with Crippen molar-refractivity contribution in [3.63, 3.8) is 0 Å². The predicted octanol–water partition coefficient (Wildman–Crippen LogP) is 15.1. The summed E-state index contributed by atoms with van der Waals surface area (Å²) in [4.78, 5) is 0. The van der Waals surface area contributed by atoms with Crippen molar-refractivity contribution >= 4 is 104 Å². The van der Waals surface area contributed by atoms with Crippen molar-refractivity contribution < 1.29 is 35.2 Å². The number of rotatable bonds is 4. The summed E-state index contributed by atoms with van der Waals surface area (Å²) in [6.07, 6.45) is 0. The van der Waals surface area contributed by atoms with Crippen LogP contribution in [0.4, 0.5) is 13.2 Å². The molecule has 0 aromatic heterocycles. The third kappa shape index (κ3) is 5.24. The first-order valence-electron chi connectivity index (χ1n) is 20.5. The Morgan fingerprint density at radius 3 is 1.19 bits per heavy atom. The van der Waals surface area contributed by atoms with Crippen molar-refractivity contribution in [3.8, 4) is 44.9 Å². The van der Waals surface area contributed by atoms with E-state index in [0.29, 0.717) is 44.2 Å². The Kier molecular flexibility index (Phi) is 7.54. The minimum atomic E-state index is -6.32. The summed E-state index contributed by atoms with van der Waals surface area (Å²) < 4.78 is 99.3. The number of fused-ring (bicyclic) bond motifs is 7. The first-order valence-corrected chi connectivity index (χ1v) is 23.5. The molecular weight excluding hydrogens is 851 g/mol. The summed E-state index contributed by atoms with van der Waals surface area (Å²) >= 11 is 0. The summed E-state index contributed by atoms with van der Waals surface area (Å²) in [7, 11) is -11.9. The van der Waals surface area contributed by atoms with Crippen LogP contribution in [0, 0.1) is 0 Å². The highest BCUT2D eigenvalue weighted by molar-refractivity contribution is 7.95. The lowest BCUT2D eigenvalue weighted by molar-refractivity contribution is -0.0443. The normalized spacial score (nSPS) is 14.2. The molecule has 11 heteroatoms. The number of hydrogen-bond acceptors (Lipinski definition) is 5. The fourth-order valence-corrected chi connectivity index (χ4v) is 13.0. The monoisotopic (exact) mass is 879 g/mol. The zero-order valence-electron chi connectivity index (χ0n) is 33.2. The molecule has 0 atom stereocenters. The molecule has 1 N–H and O–H groups in total. The maximum atomic E-state index is 15.5. The number of alkyl halides is 3. The minimum absolute atomic E-state index is 0.0987. The third-order valence-electron chi connectivity index (χ3n) is 12.9. The molecule has 308 valence electrons. The van der Waals surface area contributed by atoms with Crippen LogP contribution in [0.5, 0.6) is 11.5 Å². The minimum Gasteiger partial charge on any atom is -0.403 e. The smallest absolute Gasteiger partial charge is 0.403 e. The molecule has 0 radical (unpaired) electrons. The van der Waals surface area contributed by atoms with Crippen LogP contribution in [0.25, 0.3) is 120 Å². The van der Waals surface area contributed by atoms with Crippen LogP contribution < -0.4 is 13.5 Å². The maximum Gasteiger partial charge on any atom is 0.526 e. The molecule has 0 bridgehead atoms. The van der Waals surface area contributed by atoms with E-state index in [1.807, 2.05) is 158 Å². The number of nitrogens with one attached hydrogen (secondary N) is 1. The molecule has 0 amide bonds. The third-order valence-corrected chi connectivity index (χ3v) is 16.2. The first-order chi connectivity index (χ1) is 30.9. The molecule has 0 fully saturated rings. The van der Waals surface area contributed by atoms with Crippen molar-refractivity contribution in [3.05, 3.63) is 170 Å². The Morgan fingerprint density at radius 1 is 0.406 bits per heavy atom. The van der Waals surface area contributed by atoms with Crippen molar-refractivity contribution in [2.45, 2.75) is 5.51 Å². The molecule has 12 aromatic rings. The standard InChI is InChI=1S/C53H29F3NO5PS/c54-53(55,56)64(59,60)57-63(58)61-51-43(39-23-19-33-17-15-29-9-5-11-31-21-25-41(39)47(33)45(29)31)27-35-7-1-3-13-37(35)49(51)50-38-14-4-2-8-36(38)28-44(52(50)62-63)40-24-20-34-18-16-30-10-6-12-32-22-26-42(40)48(34)46(30)32/h1-28H,(H,57,58). The number of hydrogen-bond donors (Lipinski definition) is 1. The van der Waals surface area contributed by atoms with Gasteiger partial charge in [-0.25, -0.2) is 13.0 Å². The van der Waals surface area contributed by atoms with Crippen LogP contribution >= 0.6 is 7.75 Å². The van der Waals surface area contributed by atoms with Gasteiger partial charge in [0.05, 0.1) is 0 Å². The Morgan fingerprint density at radius 2 is 0.766 bits per heavy atom. The molecule has 64 heavy (non-hydrogen) atoms. The fraction of sp³-hybridized carbons (Fsp3) is 0.0189. The summed E-state index contributed by atoms with van der Waals surface area (Å²) in [5, 5.41) is 14.4. The SMILES string of the molecule is O=P1(NS(=O)(=O)C(F)(F)F)Oc2c(-c3ccc4ccc5cccc6ccc3c4c56)cc3ccccc3c2-c2c(c(-c3ccc4ccc5cccc6ccc3c4c56)cc3ccccc23)O1. The van der Waals surface area contributed by atoms with E-state index in [0.717, 1.165) is 75.4 Å². The topological polar surface area (TPSA) is 81.7 Å². The second-order valence-electron chi connectivity index (χ2n) is 16.4. The molecule has 1 aliphatic rings. The summed E-state index contributed by atoms with van der Waals surface area (Å²) in [5.41, 5.74) is -3.06. The second-order valence-corrected chi connectivity index (χ2v) is 19.9. The number of sulfonamides is 1. The molecule has 1 heterocycles. The predicted molar refractivity (Wildman–Crippen MR) is 252 cm³/mol. The van der Waals surface area contributed by atoms with Gasteiger partial charge in [0.25, 0.3) is 0 Å². The van der Waals surface area contributed by atoms with Gasteiger partial charge in [0, 0.05) is 22.3 Å². The summed E-state index contributed by atoms with van der Waals surface area (Å²) in [5.74, 6) is -0.197. The van der Waals surface area contributed by atoms with E-state index < -0.39 is 23.3 Å². The van der Waals surface area contributed by atoms with Gasteiger partial charge in [-0.2, -0.15) is 13.2 Å². The Bertz CT molecular complexity index is 3900. The Hall–Kier alpha value is -7.23. The van der Waals surface area contributed by atoms with Gasteiger partial charge < -0.3 is 9.05 Å². The lowest BCUT2D eigenvalue weighted by atomic mass is 9.84. The molecule has 0 unspecified atom stereocenters. The summed E-state index contributed by atoms with van der Waals surface area (Å²) in [6, 6.07) is 54.9. The molecular formula is C53H29F3NO5PS. The van der Waals surface area contributed by atoms with Crippen LogP contribution in [0.15, 0.2) is 170 Å². The molecule has 13 rings (SSSR count). The quantitative estimate of drug-likeness (QED) is 0.141. The van der Waals surface area contributed by atoms with Gasteiger partial charge in [-0.3, -0.25) is 0 Å². The molecule has 0 aliphatic carbocycles. The van der Waals surface area contributed by atoms with E-state index >= 15 is 4.57 Å². The maximum absolute atomic E-state index is 15.5. The lowest BCUT2D eigenvalue weighted by Gasteiger charge is -2.22. The molecule has 6 nitrogen and oxygen atoms in total. The van der Waals surface area contributed by atoms with E-state index in [4.69, 9.17) is 9.05 Å². The first kappa shape index (κ1) is 37.3. The van der Waals surface area contributed by atoms with Crippen LogP contribution in [-0.4, -0.2) is 13.9 Å². The van der Waals surface area contributed by atoms with Crippen LogP contribution in [0.3, 0.4) is 0 Å². The fourth-order valence-electron chi connectivity index (χ4n) is 10.2. The molecule has 1 aliphatic heterocycles. The van der Waals surface area contributed by atoms with Crippen molar-refractivity contribution in [2.24, 2.45) is 0 Å². The highest BCUT2D eigenvalue weighted by Crippen LogP contribution is 2.63. The van der Waals surface area contributed by atoms with Crippen LogP contribution in [0.1, 0.15) is 0 Å². The van der Waals surface area contributed by atoms with Crippen LogP contribution in [0.2, 0.25) is 0 Å². The van der Waals surface area contributed by atoms with E-state index in [1.165, 1.54) is 4.49 Å². The average Bonchev–Trinajstić information content (AvgIpc) is 3.43. The molecule has 0 spiro atoms. The zero-order valence-corrected chi connectivity index (χ0v) is 34.9. The summed E-state index contributed by atoms with van der Waals surface area (Å²) in [6.45, 7) is 0. The van der Waals surface area contributed by atoms with Gasteiger partial charge >= 0.3 is 23.3 Å². The van der Waals surface area contributed by atoms with E-state index in [-0.39, 0.29) is 11.5 Å². The van der Waals surface area contributed by atoms with Gasteiger partial charge in [-0.15, -0.1) is 0 Å². The van der Waals surface area contributed by atoms with E-state index in [9.17, 15) is 21.6 Å². The largest absolute Gasteiger partial charge is 0.526 e. The second kappa shape index (κ2) is 12.9. The van der Waals surface area contributed by atoms with Crippen molar-refractivity contribution in [1.82, 2.24) is 4.49 Å². The molecule has 0 saturated carbocycles. The zero-order chi connectivity index (χ0) is 43.3. The Labute approximate surface area is 362 Å². The molecule has 0 saturated heterocycles.